The van der Waals surface area contributed by atoms with Gasteiger partial charge in [-0.15, -0.1) is 0 Å². The largest absolute Gasteiger partial charge is 0.509 e. The number of hydrogen-bond donors (Lipinski definition) is 0. The first-order valence-corrected chi connectivity index (χ1v) is 5.03. The Morgan fingerprint density at radius 3 is 2.87 bits per heavy atom. The van der Waals surface area contributed by atoms with E-state index in [2.05, 4.69) is 15.8 Å². The van der Waals surface area contributed by atoms with E-state index in [4.69, 9.17) is 17.9 Å². The van der Waals surface area contributed by atoms with Crippen LogP contribution in [0.4, 0.5) is 0 Å². The molecule has 0 N–H and O–H groups in total. The van der Waals surface area contributed by atoms with Crippen molar-refractivity contribution in [3.05, 3.63) is 46.6 Å². The van der Waals surface area contributed by atoms with Crippen molar-refractivity contribution in [2.24, 2.45) is 5.92 Å². The van der Waals surface area contributed by atoms with Crippen molar-refractivity contribution >= 4 is 0 Å². The molecule has 2 aliphatic rings. The fourth-order valence-corrected chi connectivity index (χ4v) is 2.17. The van der Waals surface area contributed by atoms with Gasteiger partial charge >= 0.3 is 5.66 Å². The van der Waals surface area contributed by atoms with Crippen LogP contribution in [0, 0.1) is 19.1 Å². The molecule has 0 radical (unpaired) electrons. The van der Waals surface area contributed by atoms with Crippen LogP contribution in [0.5, 0.6) is 0 Å². The average Bonchev–Trinajstić information content (AvgIpc) is 2.49. The first kappa shape index (κ1) is 9.96. The molecule has 15 heavy (non-hydrogen) atoms. The molecule has 1 heterocycles. The van der Waals surface area contributed by atoms with Crippen LogP contribution < -0.4 is 0 Å². The van der Waals surface area contributed by atoms with Gasteiger partial charge in [0.05, 0.1) is 13.2 Å². The molecule has 0 spiro atoms. The van der Waals surface area contributed by atoms with Crippen molar-refractivity contribution in [3.8, 4) is 0 Å². The van der Waals surface area contributed by atoms with E-state index in [1.165, 1.54) is 0 Å². The van der Waals surface area contributed by atoms with Crippen molar-refractivity contribution in [3.63, 3.8) is 0 Å². The Labute approximate surface area is 89.7 Å². The van der Waals surface area contributed by atoms with Crippen molar-refractivity contribution in [2.45, 2.75) is 18.5 Å². The topological polar surface area (TPSA) is 18.0 Å². The Morgan fingerprint density at radius 1 is 1.33 bits per heavy atom. The van der Waals surface area contributed by atoms with Gasteiger partial charge in [0.25, 0.3) is 0 Å². The number of hydrogen-bond acceptors (Lipinski definition) is 1. The molecule has 3 nitrogen and oxygen atoms in total. The van der Waals surface area contributed by atoms with Gasteiger partial charge in [-0.25, -0.2) is 22.8 Å². The van der Waals surface area contributed by atoms with Gasteiger partial charge in [0.2, 0.25) is 0 Å². The Bertz CT molecular complexity index is 381. The number of fused-ring (bicyclic) bond motifs is 1. The summed E-state index contributed by atoms with van der Waals surface area (Å²) < 4.78 is 5.36. The fraction of sp³-hybridized carbons (Fsp3) is 0.500. The van der Waals surface area contributed by atoms with Gasteiger partial charge in [0, 0.05) is 5.92 Å². The molecule has 1 aliphatic heterocycles. The zero-order valence-electron chi connectivity index (χ0n) is 8.44. The predicted octanol–water partition coefficient (Wildman–Crippen LogP) is 2.44. The molecule has 1 unspecified atom stereocenters. The van der Waals surface area contributed by atoms with E-state index >= 15 is 0 Å². The highest BCUT2D eigenvalue weighted by Crippen LogP contribution is 2.39. The third kappa shape index (κ3) is 1.56. The van der Waals surface area contributed by atoms with Crippen molar-refractivity contribution in [1.82, 2.24) is 0 Å². The summed E-state index contributed by atoms with van der Waals surface area (Å²) >= 11 is 0. The van der Waals surface area contributed by atoms with Gasteiger partial charge in [0.1, 0.15) is 12.0 Å². The Kier molecular flexibility index (Phi) is 2.58. The van der Waals surface area contributed by atoms with Crippen molar-refractivity contribution in [2.75, 3.05) is 13.2 Å². The minimum absolute atomic E-state index is 0.223. The summed E-state index contributed by atoms with van der Waals surface area (Å²) in [5.74, 6) is 0.223. The lowest BCUT2D eigenvalue weighted by atomic mass is 9.86. The lowest BCUT2D eigenvalue weighted by molar-refractivity contribution is 0.117. The van der Waals surface area contributed by atoms with Gasteiger partial charge in [-0.2, -0.15) is 0 Å². The molecule has 0 aromatic carbocycles. The zero-order valence-corrected chi connectivity index (χ0v) is 8.44. The second-order valence-electron chi connectivity index (χ2n) is 3.85. The number of ether oxygens (including phenoxy) is 1. The quantitative estimate of drug-likeness (QED) is 0.434. The molecule has 0 saturated heterocycles. The van der Waals surface area contributed by atoms with Crippen LogP contribution in [-0.2, 0) is 4.74 Å². The summed E-state index contributed by atoms with van der Waals surface area (Å²) in [5, 5.41) is 0. The third-order valence-electron chi connectivity index (χ3n) is 3.00. The van der Waals surface area contributed by atoms with Crippen molar-refractivity contribution in [1.29, 1.82) is 0 Å². The van der Waals surface area contributed by atoms with Gasteiger partial charge in [-0.3, -0.25) is 0 Å². The zero-order chi connectivity index (χ0) is 10.7. The molecule has 0 fully saturated rings. The Morgan fingerprint density at radius 2 is 2.13 bits per heavy atom. The fourth-order valence-electron chi connectivity index (χ4n) is 2.17. The van der Waals surface area contributed by atoms with E-state index in [9.17, 15) is 0 Å². The van der Waals surface area contributed by atoms with Crippen LogP contribution in [0.25, 0.3) is 9.69 Å². The standard InChI is InChI=1S/C12H12N2O/c1-13-12(14-2)7-4-3-5-10-9-15-8-6-11(10)12/h3-4,6,10H,5,7-9H2. The highest BCUT2D eigenvalue weighted by atomic mass is 16.5. The smallest absolute Gasteiger partial charge is 0.377 e. The van der Waals surface area contributed by atoms with Gasteiger partial charge < -0.3 is 4.74 Å². The summed E-state index contributed by atoms with van der Waals surface area (Å²) in [4.78, 5) is 7.13. The van der Waals surface area contributed by atoms with Crippen LogP contribution in [0.3, 0.4) is 0 Å². The van der Waals surface area contributed by atoms with E-state index in [-0.39, 0.29) is 5.92 Å². The SMILES string of the molecule is [C-]#[N+]C1([N+]#[C-])CC=CCC2COCC=C21. The second-order valence-corrected chi connectivity index (χ2v) is 3.85. The summed E-state index contributed by atoms with van der Waals surface area (Å²) in [6, 6.07) is 0. The molecule has 3 heteroatoms. The average molecular weight is 200 g/mol. The molecule has 0 saturated carbocycles. The molecule has 0 aromatic heterocycles. The third-order valence-corrected chi connectivity index (χ3v) is 3.00. The molecule has 76 valence electrons. The van der Waals surface area contributed by atoms with Gasteiger partial charge in [-0.05, 0) is 12.5 Å². The van der Waals surface area contributed by atoms with Crippen LogP contribution in [-0.4, -0.2) is 18.9 Å². The maximum absolute atomic E-state index is 7.26. The number of allylic oxidation sites excluding steroid dienone is 1. The molecule has 0 amide bonds. The van der Waals surface area contributed by atoms with Crippen LogP contribution in [0.15, 0.2) is 23.8 Å². The predicted molar refractivity (Wildman–Crippen MR) is 56.7 cm³/mol. The number of nitrogens with zero attached hydrogens (tertiary/aromatic N) is 2. The van der Waals surface area contributed by atoms with E-state index in [0.29, 0.717) is 19.6 Å². The van der Waals surface area contributed by atoms with E-state index in [1.54, 1.807) is 0 Å². The lowest BCUT2D eigenvalue weighted by Gasteiger charge is -2.22. The highest BCUT2D eigenvalue weighted by molar-refractivity contribution is 5.36. The maximum Gasteiger partial charge on any atom is 0.509 e. The van der Waals surface area contributed by atoms with E-state index in [0.717, 1.165) is 12.0 Å². The van der Waals surface area contributed by atoms with Gasteiger partial charge in [0.15, 0.2) is 0 Å². The monoisotopic (exact) mass is 200 g/mol. The van der Waals surface area contributed by atoms with Crippen LogP contribution in [0.2, 0.25) is 0 Å². The van der Waals surface area contributed by atoms with Crippen LogP contribution >= 0.6 is 0 Å². The van der Waals surface area contributed by atoms with E-state index in [1.807, 2.05) is 12.2 Å². The first-order valence-electron chi connectivity index (χ1n) is 5.03. The second kappa shape index (κ2) is 3.88. The highest BCUT2D eigenvalue weighted by Gasteiger charge is 2.51. The first-order chi connectivity index (χ1) is 7.32. The normalized spacial score (nSPS) is 27.9. The van der Waals surface area contributed by atoms with Gasteiger partial charge in [-0.1, -0.05) is 12.2 Å². The van der Waals surface area contributed by atoms with Crippen LogP contribution in [0.1, 0.15) is 12.8 Å². The minimum Gasteiger partial charge on any atom is -0.377 e. The van der Waals surface area contributed by atoms with Crippen molar-refractivity contribution < 1.29 is 4.74 Å². The molecule has 0 aromatic rings. The van der Waals surface area contributed by atoms with E-state index < -0.39 is 5.66 Å². The molecule has 1 aliphatic carbocycles. The molecular formula is C12H12N2O. The molecule has 2 rings (SSSR count). The lowest BCUT2D eigenvalue weighted by Crippen LogP contribution is -2.31. The minimum atomic E-state index is -0.985. The summed E-state index contributed by atoms with van der Waals surface area (Å²) in [6.45, 7) is 15.7. The molecular weight excluding hydrogens is 188 g/mol. The number of rotatable bonds is 0. The summed E-state index contributed by atoms with van der Waals surface area (Å²) in [7, 11) is 0. The summed E-state index contributed by atoms with van der Waals surface area (Å²) in [6.07, 6.45) is 7.35. The molecule has 0 bridgehead atoms. The summed E-state index contributed by atoms with van der Waals surface area (Å²) in [5.41, 5.74) is -0.00898. The maximum atomic E-state index is 7.26. The Hall–Kier alpha value is -1.58. The Balaban J connectivity index is 2.46. The molecule has 1 atom stereocenters.